The molecule has 1 aliphatic rings. The van der Waals surface area contributed by atoms with Gasteiger partial charge in [0.15, 0.2) is 9.84 Å². The predicted molar refractivity (Wildman–Crippen MR) is 72.9 cm³/mol. The first-order chi connectivity index (χ1) is 8.78. The molecule has 0 saturated carbocycles. The lowest BCUT2D eigenvalue weighted by Gasteiger charge is -2.20. The predicted octanol–water partition coefficient (Wildman–Crippen LogP) is 0.551. The lowest BCUT2D eigenvalue weighted by atomic mass is 10.1. The molecule has 3 unspecified atom stereocenters. The van der Waals surface area contributed by atoms with Crippen molar-refractivity contribution in [1.29, 1.82) is 0 Å². The zero-order valence-electron chi connectivity index (χ0n) is 11.0. The maximum absolute atomic E-state index is 11.5. The summed E-state index contributed by atoms with van der Waals surface area (Å²) in [5.41, 5.74) is 7.67. The van der Waals surface area contributed by atoms with Crippen molar-refractivity contribution in [2.45, 2.75) is 32.1 Å². The van der Waals surface area contributed by atoms with E-state index in [1.165, 1.54) is 0 Å². The monoisotopic (exact) mass is 285 g/mol. The number of aliphatic hydroxyl groups is 1. The third kappa shape index (κ3) is 3.26. The number of hydrogen-bond acceptors (Lipinski definition) is 5. The van der Waals surface area contributed by atoms with Gasteiger partial charge < -0.3 is 15.6 Å². The van der Waals surface area contributed by atoms with Gasteiger partial charge in [0.05, 0.1) is 11.5 Å². The largest absolute Gasteiger partial charge is 0.486 e. The Morgan fingerprint density at radius 3 is 2.63 bits per heavy atom. The topological polar surface area (TPSA) is 89.6 Å². The third-order valence-electron chi connectivity index (χ3n) is 3.21. The van der Waals surface area contributed by atoms with E-state index in [9.17, 15) is 13.5 Å². The summed E-state index contributed by atoms with van der Waals surface area (Å²) in [6, 6.07) is 5.39. The summed E-state index contributed by atoms with van der Waals surface area (Å²) in [6.07, 6.45) is -1.70. The van der Waals surface area contributed by atoms with E-state index < -0.39 is 22.0 Å². The fourth-order valence-electron chi connectivity index (χ4n) is 2.19. The van der Waals surface area contributed by atoms with Crippen LogP contribution in [0.15, 0.2) is 18.2 Å². The van der Waals surface area contributed by atoms with Gasteiger partial charge in [-0.3, -0.25) is 0 Å². The highest BCUT2D eigenvalue weighted by Gasteiger charge is 2.38. The Morgan fingerprint density at radius 1 is 1.42 bits per heavy atom. The van der Waals surface area contributed by atoms with Crippen LogP contribution in [-0.4, -0.2) is 37.2 Å². The van der Waals surface area contributed by atoms with Gasteiger partial charge in [-0.05, 0) is 25.5 Å². The number of ether oxygens (including phenoxy) is 1. The first kappa shape index (κ1) is 14.3. The average molecular weight is 285 g/mol. The van der Waals surface area contributed by atoms with Gasteiger partial charge in [-0.15, -0.1) is 0 Å². The Bertz CT molecular complexity index is 568. The van der Waals surface area contributed by atoms with Crippen LogP contribution in [0.5, 0.6) is 5.75 Å². The molecule has 0 spiro atoms. The first-order valence-electron chi connectivity index (χ1n) is 6.20. The van der Waals surface area contributed by atoms with Crippen molar-refractivity contribution in [2.24, 2.45) is 5.73 Å². The molecular weight excluding hydrogens is 266 g/mol. The van der Waals surface area contributed by atoms with Gasteiger partial charge in [-0.25, -0.2) is 8.42 Å². The third-order valence-corrected chi connectivity index (χ3v) is 4.90. The molecule has 1 aromatic rings. The Balaban J connectivity index is 2.26. The number of rotatable bonds is 3. The molecule has 0 amide bonds. The standard InChI is InChI=1S/C13H19NO4S/c1-8-3-4-10(9(2)14)12(5-8)18-13-7-19(16,17)6-11(13)15/h3-5,9,11,13,15H,6-7,14H2,1-2H3. The van der Waals surface area contributed by atoms with Crippen molar-refractivity contribution in [3.8, 4) is 5.75 Å². The molecule has 1 aliphatic heterocycles. The smallest absolute Gasteiger partial charge is 0.156 e. The lowest BCUT2D eigenvalue weighted by Crippen LogP contribution is -2.30. The van der Waals surface area contributed by atoms with Crippen molar-refractivity contribution in [2.75, 3.05) is 11.5 Å². The van der Waals surface area contributed by atoms with Crippen molar-refractivity contribution < 1.29 is 18.3 Å². The highest BCUT2D eigenvalue weighted by atomic mass is 32.2. The maximum atomic E-state index is 11.5. The summed E-state index contributed by atoms with van der Waals surface area (Å²) in [5, 5.41) is 9.75. The van der Waals surface area contributed by atoms with Crippen LogP contribution >= 0.6 is 0 Å². The van der Waals surface area contributed by atoms with Gasteiger partial charge in [0.25, 0.3) is 0 Å². The fraction of sp³-hybridized carbons (Fsp3) is 0.538. The number of nitrogens with two attached hydrogens (primary N) is 1. The van der Waals surface area contributed by atoms with Crippen LogP contribution in [0, 0.1) is 6.92 Å². The summed E-state index contributed by atoms with van der Waals surface area (Å²) in [5.74, 6) is 0.161. The molecule has 19 heavy (non-hydrogen) atoms. The molecule has 0 aromatic heterocycles. The van der Waals surface area contributed by atoms with Gasteiger partial charge in [0.1, 0.15) is 18.0 Å². The zero-order valence-corrected chi connectivity index (χ0v) is 11.9. The summed E-state index contributed by atoms with van der Waals surface area (Å²) >= 11 is 0. The van der Waals surface area contributed by atoms with Gasteiger partial charge >= 0.3 is 0 Å². The molecule has 1 aromatic carbocycles. The van der Waals surface area contributed by atoms with Crippen LogP contribution in [0.3, 0.4) is 0 Å². The number of aryl methyl sites for hydroxylation is 1. The second-order valence-electron chi connectivity index (χ2n) is 5.13. The first-order valence-corrected chi connectivity index (χ1v) is 8.02. The molecule has 106 valence electrons. The zero-order chi connectivity index (χ0) is 14.2. The molecule has 2 rings (SSSR count). The van der Waals surface area contributed by atoms with Gasteiger partial charge in [-0.2, -0.15) is 0 Å². The van der Waals surface area contributed by atoms with E-state index in [2.05, 4.69) is 0 Å². The molecule has 0 bridgehead atoms. The summed E-state index contributed by atoms with van der Waals surface area (Å²) < 4.78 is 28.6. The number of benzene rings is 1. The highest BCUT2D eigenvalue weighted by Crippen LogP contribution is 2.28. The quantitative estimate of drug-likeness (QED) is 0.846. The van der Waals surface area contributed by atoms with Crippen LogP contribution in [0.25, 0.3) is 0 Å². The summed E-state index contributed by atoms with van der Waals surface area (Å²) in [7, 11) is -3.21. The second-order valence-corrected chi connectivity index (χ2v) is 7.28. The molecule has 3 N–H and O–H groups in total. The van der Waals surface area contributed by atoms with E-state index >= 15 is 0 Å². The molecule has 3 atom stereocenters. The van der Waals surface area contributed by atoms with Crippen molar-refractivity contribution >= 4 is 9.84 Å². The van der Waals surface area contributed by atoms with E-state index in [1.54, 1.807) is 0 Å². The van der Waals surface area contributed by atoms with Crippen molar-refractivity contribution in [3.05, 3.63) is 29.3 Å². The molecule has 6 heteroatoms. The number of hydrogen-bond donors (Lipinski definition) is 2. The van der Waals surface area contributed by atoms with Crippen molar-refractivity contribution in [1.82, 2.24) is 0 Å². The lowest BCUT2D eigenvalue weighted by molar-refractivity contribution is 0.0729. The van der Waals surface area contributed by atoms with Crippen LogP contribution < -0.4 is 10.5 Å². The van der Waals surface area contributed by atoms with Crippen LogP contribution in [0.1, 0.15) is 24.1 Å². The Labute approximate surface area is 113 Å². The number of sulfone groups is 1. The molecule has 1 heterocycles. The van der Waals surface area contributed by atoms with E-state index in [-0.39, 0.29) is 17.5 Å². The highest BCUT2D eigenvalue weighted by molar-refractivity contribution is 7.91. The van der Waals surface area contributed by atoms with Crippen LogP contribution in [0.4, 0.5) is 0 Å². The molecule has 0 aliphatic carbocycles. The van der Waals surface area contributed by atoms with Crippen LogP contribution in [-0.2, 0) is 9.84 Å². The number of aliphatic hydroxyl groups excluding tert-OH is 1. The minimum absolute atomic E-state index is 0.152. The van der Waals surface area contributed by atoms with Crippen LogP contribution in [0.2, 0.25) is 0 Å². The maximum Gasteiger partial charge on any atom is 0.156 e. The van der Waals surface area contributed by atoms with E-state index in [4.69, 9.17) is 10.5 Å². The SMILES string of the molecule is Cc1ccc(C(C)N)c(OC2CS(=O)(=O)CC2O)c1. The van der Waals surface area contributed by atoms with Gasteiger partial charge in [-0.1, -0.05) is 12.1 Å². The van der Waals surface area contributed by atoms with Gasteiger partial charge in [0, 0.05) is 11.6 Å². The summed E-state index contributed by atoms with van der Waals surface area (Å²) in [6.45, 7) is 3.75. The molecule has 5 nitrogen and oxygen atoms in total. The molecular formula is C13H19NO4S. The van der Waals surface area contributed by atoms with E-state index in [0.29, 0.717) is 5.75 Å². The summed E-state index contributed by atoms with van der Waals surface area (Å²) in [4.78, 5) is 0. The van der Waals surface area contributed by atoms with Gasteiger partial charge in [0.2, 0.25) is 0 Å². The minimum Gasteiger partial charge on any atom is -0.486 e. The fourth-order valence-corrected chi connectivity index (χ4v) is 3.85. The van der Waals surface area contributed by atoms with E-state index in [1.807, 2.05) is 32.0 Å². The Kier molecular flexibility index (Phi) is 3.85. The Hall–Kier alpha value is -1.11. The molecule has 1 fully saturated rings. The normalized spacial score (nSPS) is 27.2. The second kappa shape index (κ2) is 5.11. The molecule has 0 radical (unpaired) electrons. The van der Waals surface area contributed by atoms with E-state index in [0.717, 1.165) is 11.1 Å². The minimum atomic E-state index is -3.21. The van der Waals surface area contributed by atoms with Crippen molar-refractivity contribution in [3.63, 3.8) is 0 Å². The average Bonchev–Trinajstić information content (AvgIpc) is 2.51. The molecule has 1 saturated heterocycles. The Morgan fingerprint density at radius 2 is 2.11 bits per heavy atom.